The number of piperazine rings is 1. The minimum Gasteiger partial charge on any atom is -0.369 e. The summed E-state index contributed by atoms with van der Waals surface area (Å²) >= 11 is 6.01. The molecule has 7 nitrogen and oxygen atoms in total. The fourth-order valence-electron chi connectivity index (χ4n) is 3.81. The molecule has 1 aromatic carbocycles. The molecule has 11 heteroatoms. The molecular formula is C22H22ClF3N6O. The summed E-state index contributed by atoms with van der Waals surface area (Å²) in [6.45, 7) is 5.57. The Balaban J connectivity index is 1.60. The van der Waals surface area contributed by atoms with E-state index in [9.17, 15) is 18.0 Å². The van der Waals surface area contributed by atoms with Crippen LogP contribution in [0.15, 0.2) is 42.7 Å². The van der Waals surface area contributed by atoms with Crippen molar-refractivity contribution in [1.82, 2.24) is 19.7 Å². The number of amides is 1. The number of benzene rings is 1. The Bertz CT molecular complexity index is 1170. The van der Waals surface area contributed by atoms with E-state index in [1.165, 1.54) is 18.3 Å². The standard InChI is InChI=1S/C22H22ClF3N6O/c1-14-12-15(5-6-18(14)31-10-8-30(2)9-11-31)29-21(33)16-13-28-32(19(16)22(24,25)26)20-17(23)4-3-7-27-20/h3-7,12-13H,8-11H2,1-2H3,(H,29,33). The van der Waals surface area contributed by atoms with Gasteiger partial charge in [-0.1, -0.05) is 11.6 Å². The molecule has 1 amide bonds. The van der Waals surface area contributed by atoms with Gasteiger partial charge in [0.05, 0.1) is 16.8 Å². The molecule has 0 spiro atoms. The third kappa shape index (κ3) is 4.81. The van der Waals surface area contributed by atoms with Crippen LogP contribution >= 0.6 is 11.6 Å². The number of anilines is 2. The summed E-state index contributed by atoms with van der Waals surface area (Å²) in [5, 5.41) is 6.29. The Morgan fingerprint density at radius 2 is 1.88 bits per heavy atom. The van der Waals surface area contributed by atoms with Crippen molar-refractivity contribution in [3.63, 3.8) is 0 Å². The van der Waals surface area contributed by atoms with Crippen LogP contribution in [-0.2, 0) is 6.18 Å². The molecule has 0 radical (unpaired) electrons. The van der Waals surface area contributed by atoms with Gasteiger partial charge >= 0.3 is 6.18 Å². The number of pyridine rings is 1. The van der Waals surface area contributed by atoms with E-state index < -0.39 is 23.3 Å². The molecule has 1 fully saturated rings. The highest BCUT2D eigenvalue weighted by atomic mass is 35.5. The van der Waals surface area contributed by atoms with Gasteiger partial charge in [0.2, 0.25) is 0 Å². The summed E-state index contributed by atoms with van der Waals surface area (Å²) in [7, 11) is 2.07. The molecule has 0 unspecified atom stereocenters. The van der Waals surface area contributed by atoms with E-state index in [2.05, 4.69) is 32.2 Å². The summed E-state index contributed by atoms with van der Waals surface area (Å²) in [5.41, 5.74) is 0.488. The number of halogens is 4. The number of aryl methyl sites for hydroxylation is 1. The van der Waals surface area contributed by atoms with Gasteiger partial charge in [-0.25, -0.2) is 9.67 Å². The highest BCUT2D eigenvalue weighted by Crippen LogP contribution is 2.35. The van der Waals surface area contributed by atoms with Crippen LogP contribution in [0, 0.1) is 6.92 Å². The van der Waals surface area contributed by atoms with Crippen LogP contribution in [-0.4, -0.2) is 58.8 Å². The molecule has 4 rings (SSSR count). The third-order valence-corrected chi connectivity index (χ3v) is 5.82. The molecular weight excluding hydrogens is 457 g/mol. The molecule has 174 valence electrons. The maximum atomic E-state index is 13.9. The van der Waals surface area contributed by atoms with Crippen molar-refractivity contribution in [2.45, 2.75) is 13.1 Å². The molecule has 0 atom stereocenters. The molecule has 33 heavy (non-hydrogen) atoms. The molecule has 0 aliphatic carbocycles. The predicted molar refractivity (Wildman–Crippen MR) is 120 cm³/mol. The summed E-state index contributed by atoms with van der Waals surface area (Å²) in [4.78, 5) is 21.2. The highest BCUT2D eigenvalue weighted by molar-refractivity contribution is 6.32. The Morgan fingerprint density at radius 1 is 1.15 bits per heavy atom. The zero-order valence-corrected chi connectivity index (χ0v) is 18.8. The van der Waals surface area contributed by atoms with Crippen LogP contribution in [0.2, 0.25) is 5.02 Å². The lowest BCUT2D eigenvalue weighted by Gasteiger charge is -2.35. The lowest BCUT2D eigenvalue weighted by molar-refractivity contribution is -0.143. The molecule has 1 saturated heterocycles. The topological polar surface area (TPSA) is 66.3 Å². The number of alkyl halides is 3. The second-order valence-corrected chi connectivity index (χ2v) is 8.28. The number of hydrogen-bond acceptors (Lipinski definition) is 5. The van der Waals surface area contributed by atoms with E-state index in [0.29, 0.717) is 10.4 Å². The zero-order valence-electron chi connectivity index (χ0n) is 18.0. The summed E-state index contributed by atoms with van der Waals surface area (Å²) < 4.78 is 42.2. The van der Waals surface area contributed by atoms with Gasteiger partial charge in [0.15, 0.2) is 11.5 Å². The van der Waals surface area contributed by atoms with Crippen LogP contribution in [0.3, 0.4) is 0 Å². The van der Waals surface area contributed by atoms with Crippen LogP contribution in [0.4, 0.5) is 24.5 Å². The van der Waals surface area contributed by atoms with E-state index >= 15 is 0 Å². The second-order valence-electron chi connectivity index (χ2n) is 7.87. The normalized spacial score (nSPS) is 15.0. The first-order valence-electron chi connectivity index (χ1n) is 10.3. The molecule has 1 aliphatic heterocycles. The first-order chi connectivity index (χ1) is 15.6. The zero-order chi connectivity index (χ0) is 23.8. The number of hydrogen-bond donors (Lipinski definition) is 1. The third-order valence-electron chi connectivity index (χ3n) is 5.52. The van der Waals surface area contributed by atoms with Gasteiger partial charge < -0.3 is 15.1 Å². The van der Waals surface area contributed by atoms with Crippen LogP contribution in [0.5, 0.6) is 0 Å². The maximum absolute atomic E-state index is 13.9. The van der Waals surface area contributed by atoms with Crippen LogP contribution in [0.1, 0.15) is 21.6 Å². The average molecular weight is 479 g/mol. The van der Waals surface area contributed by atoms with Crippen molar-refractivity contribution >= 4 is 28.9 Å². The van der Waals surface area contributed by atoms with Gasteiger partial charge in [-0.2, -0.15) is 18.3 Å². The molecule has 2 aromatic heterocycles. The van der Waals surface area contributed by atoms with Crippen LogP contribution in [0.25, 0.3) is 5.82 Å². The largest absolute Gasteiger partial charge is 0.434 e. The molecule has 3 heterocycles. The highest BCUT2D eigenvalue weighted by Gasteiger charge is 2.41. The van der Waals surface area contributed by atoms with Gasteiger partial charge in [0.1, 0.15) is 0 Å². The van der Waals surface area contributed by atoms with E-state index in [4.69, 9.17) is 11.6 Å². The fourth-order valence-corrected chi connectivity index (χ4v) is 4.02. The van der Waals surface area contributed by atoms with E-state index in [1.807, 2.05) is 13.0 Å². The quantitative estimate of drug-likeness (QED) is 0.607. The van der Waals surface area contributed by atoms with Crippen molar-refractivity contribution in [3.05, 3.63) is 64.6 Å². The molecule has 1 N–H and O–H groups in total. The summed E-state index contributed by atoms with van der Waals surface area (Å²) in [6.07, 6.45) is -2.69. The lowest BCUT2D eigenvalue weighted by Crippen LogP contribution is -2.44. The number of carbonyl (C=O) groups excluding carboxylic acids is 1. The van der Waals surface area contributed by atoms with Crippen molar-refractivity contribution < 1.29 is 18.0 Å². The Labute approximate surface area is 193 Å². The Morgan fingerprint density at radius 3 is 2.52 bits per heavy atom. The molecule has 3 aromatic rings. The summed E-state index contributed by atoms with van der Waals surface area (Å²) in [5.74, 6) is -1.13. The van der Waals surface area contributed by atoms with Crippen molar-refractivity contribution in [3.8, 4) is 5.82 Å². The van der Waals surface area contributed by atoms with E-state index in [1.54, 1.807) is 12.1 Å². The number of aromatic nitrogens is 3. The Kier molecular flexibility index (Phi) is 6.31. The monoisotopic (exact) mass is 478 g/mol. The fraction of sp³-hybridized carbons (Fsp3) is 0.318. The van der Waals surface area contributed by atoms with Gasteiger partial charge in [-0.05, 0) is 49.9 Å². The predicted octanol–water partition coefficient (Wildman–Crippen LogP) is 4.25. The second kappa shape index (κ2) is 9.03. The van der Waals surface area contributed by atoms with Crippen molar-refractivity contribution in [2.75, 3.05) is 43.4 Å². The minimum absolute atomic E-state index is 0.0202. The number of nitrogens with zero attached hydrogens (tertiary/aromatic N) is 5. The van der Waals surface area contributed by atoms with E-state index in [-0.39, 0.29) is 10.8 Å². The average Bonchev–Trinajstić information content (AvgIpc) is 3.21. The number of likely N-dealkylation sites (N-methyl/N-ethyl adjacent to an activating group) is 1. The lowest BCUT2D eigenvalue weighted by atomic mass is 10.1. The molecule has 1 aliphatic rings. The smallest absolute Gasteiger partial charge is 0.369 e. The summed E-state index contributed by atoms with van der Waals surface area (Å²) in [6, 6.07) is 8.20. The van der Waals surface area contributed by atoms with Gasteiger partial charge in [0.25, 0.3) is 5.91 Å². The Hall–Kier alpha value is -3.11. The molecule has 0 bridgehead atoms. The first-order valence-corrected chi connectivity index (χ1v) is 10.6. The maximum Gasteiger partial charge on any atom is 0.434 e. The van der Waals surface area contributed by atoms with Gasteiger partial charge in [-0.15, -0.1) is 0 Å². The molecule has 0 saturated carbocycles. The van der Waals surface area contributed by atoms with E-state index in [0.717, 1.165) is 43.6 Å². The minimum atomic E-state index is -4.86. The SMILES string of the molecule is Cc1cc(NC(=O)c2cnn(-c3ncccc3Cl)c2C(F)(F)F)ccc1N1CCN(C)CC1. The number of carbonyl (C=O) groups is 1. The van der Waals surface area contributed by atoms with Crippen LogP contribution < -0.4 is 10.2 Å². The first kappa shape index (κ1) is 23.1. The number of nitrogens with one attached hydrogen (secondary N) is 1. The van der Waals surface area contributed by atoms with Crippen molar-refractivity contribution in [1.29, 1.82) is 0 Å². The number of rotatable bonds is 4. The van der Waals surface area contributed by atoms with Crippen molar-refractivity contribution in [2.24, 2.45) is 0 Å². The van der Waals surface area contributed by atoms with Gasteiger partial charge in [-0.3, -0.25) is 4.79 Å². The van der Waals surface area contributed by atoms with Gasteiger partial charge in [0, 0.05) is 43.8 Å².